The average molecular weight is 508 g/mol. The van der Waals surface area contributed by atoms with Gasteiger partial charge in [-0.05, 0) is 25.7 Å². The molecule has 0 aliphatic carbocycles. The number of carboxylic acids is 1. The lowest BCUT2D eigenvalue weighted by Crippen LogP contribution is -2.74. The highest BCUT2D eigenvalue weighted by Crippen LogP contribution is 2.35. The molecule has 2 saturated heterocycles. The third-order valence-corrected chi connectivity index (χ3v) is 6.41. The van der Waals surface area contributed by atoms with Crippen molar-refractivity contribution < 1.29 is 59.2 Å². The van der Waals surface area contributed by atoms with Crippen LogP contribution in [0.2, 0.25) is 0 Å². The van der Waals surface area contributed by atoms with Crippen LogP contribution in [-0.4, -0.2) is 117 Å². The van der Waals surface area contributed by atoms with E-state index in [1.165, 1.54) is 0 Å². The van der Waals surface area contributed by atoms with Crippen molar-refractivity contribution in [3.63, 3.8) is 0 Å². The summed E-state index contributed by atoms with van der Waals surface area (Å²) in [6.07, 6.45) is -8.12. The van der Waals surface area contributed by atoms with Gasteiger partial charge >= 0.3 is 5.97 Å². The molecule has 0 radical (unpaired) electrons. The second-order valence-corrected chi connectivity index (χ2v) is 8.75. The van der Waals surface area contributed by atoms with Gasteiger partial charge in [-0.3, -0.25) is 4.79 Å². The van der Waals surface area contributed by atoms with E-state index < -0.39 is 79.3 Å². The molecule has 2 aliphatic heterocycles. The Morgan fingerprint density at radius 2 is 1.83 bits per heavy atom. The van der Waals surface area contributed by atoms with Gasteiger partial charge in [0, 0.05) is 14.0 Å². The van der Waals surface area contributed by atoms with Gasteiger partial charge in [-0.25, -0.2) is 4.79 Å². The molecule has 11 atom stereocenters. The zero-order valence-corrected chi connectivity index (χ0v) is 20.2. The van der Waals surface area contributed by atoms with Crippen molar-refractivity contribution in [3.05, 3.63) is 12.2 Å². The molecule has 0 aromatic rings. The molecule has 0 bridgehead atoms. The minimum atomic E-state index is -2.51. The Bertz CT molecular complexity index is 750. The van der Waals surface area contributed by atoms with Gasteiger partial charge < -0.3 is 54.9 Å². The first-order chi connectivity index (χ1) is 16.4. The number of methoxy groups -OCH3 is 1. The van der Waals surface area contributed by atoms with E-state index in [0.717, 1.165) is 14.0 Å². The van der Waals surface area contributed by atoms with E-state index in [2.05, 4.69) is 5.32 Å². The molecule has 7 N–H and O–H groups in total. The topological polar surface area (TPSA) is 204 Å². The third-order valence-electron chi connectivity index (χ3n) is 6.41. The maximum atomic E-state index is 12.0. The van der Waals surface area contributed by atoms with Crippen LogP contribution in [0.5, 0.6) is 0 Å². The largest absolute Gasteiger partial charge is 0.479 e. The Balaban J connectivity index is 2.36. The maximum absolute atomic E-state index is 12.0. The molecule has 2 fully saturated rings. The molecule has 2 rings (SSSR count). The van der Waals surface area contributed by atoms with Crippen LogP contribution in [0.1, 0.15) is 33.6 Å². The first-order valence-electron chi connectivity index (χ1n) is 11.5. The number of allylic oxidation sites excluding steroid dienone is 2. The summed E-state index contributed by atoms with van der Waals surface area (Å²) in [6, 6.07) is -1.61. The number of carbonyl (C=O) groups excluding carboxylic acids is 1. The molecule has 35 heavy (non-hydrogen) atoms. The van der Waals surface area contributed by atoms with E-state index in [1.54, 1.807) is 0 Å². The lowest BCUT2D eigenvalue weighted by atomic mass is 9.88. The van der Waals surface area contributed by atoms with E-state index >= 15 is 0 Å². The highest BCUT2D eigenvalue weighted by Gasteiger charge is 2.59. The monoisotopic (exact) mass is 507 g/mol. The molecule has 1 amide bonds. The lowest BCUT2D eigenvalue weighted by molar-refractivity contribution is -0.379. The number of rotatable bonds is 10. The predicted octanol–water partition coefficient (Wildman–Crippen LogP) is -2.14. The van der Waals surface area contributed by atoms with Gasteiger partial charge in [0.1, 0.15) is 36.6 Å². The van der Waals surface area contributed by atoms with Crippen molar-refractivity contribution in [2.75, 3.05) is 13.7 Å². The quantitative estimate of drug-likeness (QED) is 0.125. The number of ether oxygens (including phenoxy) is 4. The number of amides is 1. The van der Waals surface area contributed by atoms with Gasteiger partial charge in [-0.2, -0.15) is 0 Å². The average Bonchev–Trinajstić information content (AvgIpc) is 2.81. The molecule has 0 aromatic carbocycles. The summed E-state index contributed by atoms with van der Waals surface area (Å²) in [4.78, 5) is 23.8. The number of aliphatic carboxylic acids is 1. The number of aliphatic hydroxyl groups excluding tert-OH is 4. The maximum Gasteiger partial charge on any atom is 0.335 e. The van der Waals surface area contributed by atoms with E-state index in [1.807, 2.05) is 26.0 Å². The van der Waals surface area contributed by atoms with Crippen molar-refractivity contribution in [3.8, 4) is 0 Å². The normalized spacial score (nSPS) is 41.0. The van der Waals surface area contributed by atoms with Crippen LogP contribution in [-0.2, 0) is 28.5 Å². The summed E-state index contributed by atoms with van der Waals surface area (Å²) in [6.45, 7) is 4.06. The van der Waals surface area contributed by atoms with Gasteiger partial charge in [0.05, 0.1) is 12.7 Å². The molecule has 2 heterocycles. The summed E-state index contributed by atoms with van der Waals surface area (Å²) >= 11 is 0. The van der Waals surface area contributed by atoms with Crippen LogP contribution >= 0.6 is 0 Å². The Morgan fingerprint density at radius 1 is 1.17 bits per heavy atom. The van der Waals surface area contributed by atoms with Crippen molar-refractivity contribution in [2.24, 2.45) is 5.92 Å². The Kier molecular flexibility index (Phi) is 10.6. The van der Waals surface area contributed by atoms with Crippen molar-refractivity contribution in [2.45, 2.75) is 94.5 Å². The standard InChI is InChI=1S/C22H37NO12/c1-5-7-11(6-2)8-12-14(26)15(27)16(17(33-12)20(29)30)35-21-18(23-10(3)25)22(31,32-4)19(28)13(9-24)34-21/h5,7,11-19,21,24,26-28,31H,6,8-9H2,1-4H3,(H,23,25)(H,29,30)/b7-5-/t11?,12?,13?,14?,15?,16-,17?,18?,19+,21-,22?/m0/s1. The molecule has 202 valence electrons. The predicted molar refractivity (Wildman–Crippen MR) is 118 cm³/mol. The fourth-order valence-electron chi connectivity index (χ4n) is 4.45. The third kappa shape index (κ3) is 6.37. The summed E-state index contributed by atoms with van der Waals surface area (Å²) in [5.74, 6) is -4.71. The fraction of sp³-hybridized carbons (Fsp3) is 0.818. The first kappa shape index (κ1) is 29.5. The molecule has 13 nitrogen and oxygen atoms in total. The van der Waals surface area contributed by atoms with Gasteiger partial charge in [0.2, 0.25) is 11.7 Å². The zero-order valence-electron chi connectivity index (χ0n) is 20.2. The number of aliphatic hydroxyl groups is 5. The number of hydrogen-bond acceptors (Lipinski definition) is 11. The fourth-order valence-corrected chi connectivity index (χ4v) is 4.45. The van der Waals surface area contributed by atoms with Crippen LogP contribution in [0.15, 0.2) is 12.2 Å². The van der Waals surface area contributed by atoms with Crippen LogP contribution < -0.4 is 5.32 Å². The van der Waals surface area contributed by atoms with Crippen molar-refractivity contribution >= 4 is 11.9 Å². The first-order valence-corrected chi connectivity index (χ1v) is 11.5. The lowest BCUT2D eigenvalue weighted by Gasteiger charge is -2.50. The highest BCUT2D eigenvalue weighted by molar-refractivity contribution is 5.74. The smallest absolute Gasteiger partial charge is 0.335 e. The Labute approximate surface area is 203 Å². The molecular formula is C22H37NO12. The second kappa shape index (κ2) is 12.5. The van der Waals surface area contributed by atoms with E-state index in [9.17, 15) is 40.2 Å². The minimum Gasteiger partial charge on any atom is -0.479 e. The molecule has 13 heteroatoms. The molecule has 0 saturated carbocycles. The van der Waals surface area contributed by atoms with Crippen LogP contribution in [0.25, 0.3) is 0 Å². The summed E-state index contributed by atoms with van der Waals surface area (Å²) in [5, 5.41) is 64.6. The van der Waals surface area contributed by atoms with Gasteiger partial charge in [0.15, 0.2) is 12.4 Å². The van der Waals surface area contributed by atoms with E-state index in [0.29, 0.717) is 6.42 Å². The second-order valence-electron chi connectivity index (χ2n) is 8.75. The molecule has 2 aliphatic rings. The number of nitrogens with one attached hydrogen (secondary N) is 1. The van der Waals surface area contributed by atoms with Crippen LogP contribution in [0.4, 0.5) is 0 Å². The zero-order chi connectivity index (χ0) is 26.5. The van der Waals surface area contributed by atoms with Crippen molar-refractivity contribution in [1.29, 1.82) is 0 Å². The Hall–Kier alpha value is -1.68. The van der Waals surface area contributed by atoms with Crippen LogP contribution in [0.3, 0.4) is 0 Å². The van der Waals surface area contributed by atoms with Gasteiger partial charge in [-0.15, -0.1) is 0 Å². The minimum absolute atomic E-state index is 0.0342. The van der Waals surface area contributed by atoms with E-state index in [-0.39, 0.29) is 12.3 Å². The molecule has 0 spiro atoms. The van der Waals surface area contributed by atoms with E-state index in [4.69, 9.17) is 18.9 Å². The van der Waals surface area contributed by atoms with Gasteiger partial charge in [-0.1, -0.05) is 19.1 Å². The summed E-state index contributed by atoms with van der Waals surface area (Å²) in [7, 11) is 1.04. The SMILES string of the molecule is C/C=C\C(CC)CC1OC(C(=O)O)[C@@H](O[C@@H]2OC(CO)[C@@H](O)C(O)(OC)C2NC(C)=O)C(O)C1O. The van der Waals surface area contributed by atoms with Crippen LogP contribution in [0, 0.1) is 5.92 Å². The summed E-state index contributed by atoms with van der Waals surface area (Å²) in [5.41, 5.74) is 0. The Morgan fingerprint density at radius 3 is 2.31 bits per heavy atom. The summed E-state index contributed by atoms with van der Waals surface area (Å²) < 4.78 is 21.8. The highest BCUT2D eigenvalue weighted by atomic mass is 16.7. The number of hydrogen-bond donors (Lipinski definition) is 7. The molecular weight excluding hydrogens is 470 g/mol. The van der Waals surface area contributed by atoms with Gasteiger partial charge in [0.25, 0.3) is 0 Å². The molecule has 0 aromatic heterocycles. The number of carboxylic acid groups (broad SMARTS) is 1. The molecule has 8 unspecified atom stereocenters. The van der Waals surface area contributed by atoms with Crippen molar-refractivity contribution in [1.82, 2.24) is 5.32 Å². The number of carbonyl (C=O) groups is 2.